The molecular formula is C17H24N2O2. The molecule has 1 fully saturated rings. The Morgan fingerprint density at radius 1 is 1.24 bits per heavy atom. The Labute approximate surface area is 126 Å². The van der Waals surface area contributed by atoms with E-state index in [-0.39, 0.29) is 17.7 Å². The van der Waals surface area contributed by atoms with E-state index in [4.69, 9.17) is 0 Å². The summed E-state index contributed by atoms with van der Waals surface area (Å²) in [5, 5.41) is 5.82. The fourth-order valence-electron chi connectivity index (χ4n) is 3.07. The zero-order valence-corrected chi connectivity index (χ0v) is 12.8. The number of carbonyl (C=O) groups is 2. The van der Waals surface area contributed by atoms with Crippen LogP contribution >= 0.6 is 0 Å². The van der Waals surface area contributed by atoms with Gasteiger partial charge in [-0.1, -0.05) is 38.0 Å². The fraction of sp³-hybridized carbons (Fsp3) is 0.529. The molecule has 0 bridgehead atoms. The minimum absolute atomic E-state index is 0.0991. The summed E-state index contributed by atoms with van der Waals surface area (Å²) in [7, 11) is 0. The van der Waals surface area contributed by atoms with Gasteiger partial charge in [0.05, 0.1) is 0 Å². The van der Waals surface area contributed by atoms with Crippen molar-refractivity contribution in [3.8, 4) is 0 Å². The topological polar surface area (TPSA) is 58.2 Å². The summed E-state index contributed by atoms with van der Waals surface area (Å²) in [6.45, 7) is 3.53. The Morgan fingerprint density at radius 3 is 2.52 bits per heavy atom. The summed E-state index contributed by atoms with van der Waals surface area (Å²) in [6, 6.07) is 7.39. The first-order chi connectivity index (χ1) is 10.1. The van der Waals surface area contributed by atoms with E-state index in [9.17, 15) is 9.59 Å². The number of amides is 2. The van der Waals surface area contributed by atoms with Crippen LogP contribution in [0, 0.1) is 5.92 Å². The van der Waals surface area contributed by atoms with E-state index in [1.165, 1.54) is 6.92 Å². The molecular weight excluding hydrogens is 264 g/mol. The van der Waals surface area contributed by atoms with E-state index in [1.807, 2.05) is 24.3 Å². The van der Waals surface area contributed by atoms with Crippen molar-refractivity contribution in [2.75, 3.05) is 5.32 Å². The number of hydrogen-bond donors (Lipinski definition) is 2. The maximum Gasteiger partial charge on any atom is 0.247 e. The second-order valence-electron chi connectivity index (χ2n) is 5.72. The van der Waals surface area contributed by atoms with E-state index in [2.05, 4.69) is 17.6 Å². The summed E-state index contributed by atoms with van der Waals surface area (Å²) in [4.78, 5) is 24.0. The quantitative estimate of drug-likeness (QED) is 0.875. The molecule has 1 saturated carbocycles. The average Bonchev–Trinajstić information content (AvgIpc) is 2.99. The first-order valence-electron chi connectivity index (χ1n) is 7.77. The van der Waals surface area contributed by atoms with Gasteiger partial charge in [0.2, 0.25) is 11.8 Å². The second kappa shape index (κ2) is 7.25. The lowest BCUT2D eigenvalue weighted by atomic mass is 9.97. The molecule has 1 aromatic rings. The average molecular weight is 288 g/mol. The van der Waals surface area contributed by atoms with Crippen molar-refractivity contribution in [1.29, 1.82) is 0 Å². The fourth-order valence-corrected chi connectivity index (χ4v) is 3.07. The van der Waals surface area contributed by atoms with Crippen molar-refractivity contribution < 1.29 is 9.59 Å². The number of benzene rings is 1. The van der Waals surface area contributed by atoms with Crippen LogP contribution in [-0.4, -0.2) is 17.9 Å². The molecule has 0 spiro atoms. The molecule has 114 valence electrons. The van der Waals surface area contributed by atoms with Crippen LogP contribution < -0.4 is 10.6 Å². The first-order valence-corrected chi connectivity index (χ1v) is 7.77. The molecule has 1 aliphatic rings. The van der Waals surface area contributed by atoms with Gasteiger partial charge >= 0.3 is 0 Å². The molecule has 1 aliphatic carbocycles. The zero-order chi connectivity index (χ0) is 15.2. The Bertz CT molecular complexity index is 507. The van der Waals surface area contributed by atoms with Crippen molar-refractivity contribution in [3.63, 3.8) is 0 Å². The summed E-state index contributed by atoms with van der Waals surface area (Å²) in [6.07, 6.45) is 5.16. The summed E-state index contributed by atoms with van der Waals surface area (Å²) in [5.74, 6) is 0.00603. The molecule has 0 radical (unpaired) electrons. The van der Waals surface area contributed by atoms with Crippen LogP contribution in [-0.2, 0) is 16.0 Å². The van der Waals surface area contributed by atoms with E-state index in [1.54, 1.807) is 0 Å². The smallest absolute Gasteiger partial charge is 0.247 e. The minimum atomic E-state index is -0.421. The molecule has 21 heavy (non-hydrogen) atoms. The third kappa shape index (κ3) is 4.06. The number of carbonyl (C=O) groups excluding carboxylic acids is 2. The van der Waals surface area contributed by atoms with Crippen LogP contribution in [0.4, 0.5) is 5.69 Å². The van der Waals surface area contributed by atoms with Gasteiger partial charge in [0.15, 0.2) is 0 Å². The monoisotopic (exact) mass is 288 g/mol. The predicted molar refractivity (Wildman–Crippen MR) is 84.0 cm³/mol. The van der Waals surface area contributed by atoms with E-state index >= 15 is 0 Å². The summed E-state index contributed by atoms with van der Waals surface area (Å²) in [5.41, 5.74) is 1.96. The molecule has 2 rings (SSSR count). The molecule has 1 aromatic carbocycles. The number of anilines is 1. The van der Waals surface area contributed by atoms with Gasteiger partial charge in [0.25, 0.3) is 0 Å². The standard InChI is InChI=1S/C17H24N2O2/c1-3-13-8-6-7-11-15(13)19-17(21)16(18-12(2)20)14-9-4-5-10-14/h6-8,11,14,16H,3-5,9-10H2,1-2H3,(H,18,20)(H,19,21)/t16-/m1/s1. The van der Waals surface area contributed by atoms with Crippen molar-refractivity contribution in [3.05, 3.63) is 29.8 Å². The molecule has 1 atom stereocenters. The first kappa shape index (κ1) is 15.5. The third-order valence-corrected chi connectivity index (χ3v) is 4.17. The van der Waals surface area contributed by atoms with Crippen molar-refractivity contribution >= 4 is 17.5 Å². The number of nitrogens with one attached hydrogen (secondary N) is 2. The summed E-state index contributed by atoms with van der Waals surface area (Å²) >= 11 is 0. The zero-order valence-electron chi connectivity index (χ0n) is 12.8. The molecule has 0 heterocycles. The number of rotatable bonds is 5. The van der Waals surface area contributed by atoms with Crippen LogP contribution in [0.5, 0.6) is 0 Å². The van der Waals surface area contributed by atoms with Gasteiger partial charge in [-0.25, -0.2) is 0 Å². The van der Waals surface area contributed by atoms with Gasteiger partial charge in [0, 0.05) is 12.6 Å². The Morgan fingerprint density at radius 2 is 1.90 bits per heavy atom. The highest BCUT2D eigenvalue weighted by atomic mass is 16.2. The summed E-state index contributed by atoms with van der Waals surface area (Å²) < 4.78 is 0. The van der Waals surface area contributed by atoms with Gasteiger partial charge in [-0.2, -0.15) is 0 Å². The Balaban J connectivity index is 2.12. The van der Waals surface area contributed by atoms with Crippen LogP contribution in [0.3, 0.4) is 0 Å². The molecule has 0 unspecified atom stereocenters. The van der Waals surface area contributed by atoms with Gasteiger partial charge in [-0.05, 0) is 36.8 Å². The molecule has 2 amide bonds. The molecule has 0 saturated heterocycles. The van der Waals surface area contributed by atoms with E-state index in [0.717, 1.165) is 43.4 Å². The second-order valence-corrected chi connectivity index (χ2v) is 5.72. The largest absolute Gasteiger partial charge is 0.344 e. The van der Waals surface area contributed by atoms with Gasteiger partial charge < -0.3 is 10.6 Å². The molecule has 0 aromatic heterocycles. The van der Waals surface area contributed by atoms with Crippen molar-refractivity contribution in [2.45, 2.75) is 52.0 Å². The number of aryl methyl sites for hydroxylation is 1. The predicted octanol–water partition coefficient (Wildman–Crippen LogP) is 2.88. The number of para-hydroxylation sites is 1. The van der Waals surface area contributed by atoms with Crippen molar-refractivity contribution in [2.24, 2.45) is 5.92 Å². The molecule has 2 N–H and O–H groups in total. The van der Waals surface area contributed by atoms with Crippen molar-refractivity contribution in [1.82, 2.24) is 5.32 Å². The normalized spacial score (nSPS) is 16.5. The van der Waals surface area contributed by atoms with Gasteiger partial charge in [-0.15, -0.1) is 0 Å². The minimum Gasteiger partial charge on any atom is -0.344 e. The molecule has 4 nitrogen and oxygen atoms in total. The van der Waals surface area contributed by atoms with Gasteiger partial charge in [0.1, 0.15) is 6.04 Å². The maximum absolute atomic E-state index is 12.6. The van der Waals surface area contributed by atoms with Crippen LogP contribution in [0.25, 0.3) is 0 Å². The lowest BCUT2D eigenvalue weighted by molar-refractivity contribution is -0.126. The number of hydrogen-bond acceptors (Lipinski definition) is 2. The van der Waals surface area contributed by atoms with E-state index in [0.29, 0.717) is 0 Å². The molecule has 4 heteroatoms. The SMILES string of the molecule is CCc1ccccc1NC(=O)[C@H](NC(C)=O)C1CCCC1. The Hall–Kier alpha value is -1.84. The van der Waals surface area contributed by atoms with Crippen LogP contribution in [0.15, 0.2) is 24.3 Å². The maximum atomic E-state index is 12.6. The van der Waals surface area contributed by atoms with Crippen LogP contribution in [0.1, 0.15) is 45.1 Å². The van der Waals surface area contributed by atoms with Gasteiger partial charge in [-0.3, -0.25) is 9.59 Å². The lowest BCUT2D eigenvalue weighted by Gasteiger charge is -2.23. The lowest BCUT2D eigenvalue weighted by Crippen LogP contribution is -2.47. The Kier molecular flexibility index (Phi) is 5.37. The molecule has 0 aliphatic heterocycles. The highest BCUT2D eigenvalue weighted by molar-refractivity contribution is 5.97. The highest BCUT2D eigenvalue weighted by Gasteiger charge is 2.31. The van der Waals surface area contributed by atoms with E-state index < -0.39 is 6.04 Å². The third-order valence-electron chi connectivity index (χ3n) is 4.17. The highest BCUT2D eigenvalue weighted by Crippen LogP contribution is 2.28. The van der Waals surface area contributed by atoms with Crippen LogP contribution in [0.2, 0.25) is 0 Å².